The SMILES string of the molecule is CCNCc1occc1CN1CCOCC1. The zero-order valence-electron chi connectivity index (χ0n) is 9.87. The van der Waals surface area contributed by atoms with Crippen molar-refractivity contribution in [1.29, 1.82) is 0 Å². The van der Waals surface area contributed by atoms with Gasteiger partial charge in [0.25, 0.3) is 0 Å². The van der Waals surface area contributed by atoms with Gasteiger partial charge in [0.05, 0.1) is 26.0 Å². The highest BCUT2D eigenvalue weighted by molar-refractivity contribution is 5.16. The van der Waals surface area contributed by atoms with E-state index < -0.39 is 0 Å². The lowest BCUT2D eigenvalue weighted by Crippen LogP contribution is -2.35. The van der Waals surface area contributed by atoms with Crippen LogP contribution >= 0.6 is 0 Å². The van der Waals surface area contributed by atoms with Gasteiger partial charge in [0.2, 0.25) is 0 Å². The molecule has 16 heavy (non-hydrogen) atoms. The van der Waals surface area contributed by atoms with Crippen molar-refractivity contribution < 1.29 is 9.15 Å². The van der Waals surface area contributed by atoms with Gasteiger partial charge in [-0.05, 0) is 12.6 Å². The topological polar surface area (TPSA) is 37.6 Å². The van der Waals surface area contributed by atoms with Crippen LogP contribution in [0.25, 0.3) is 0 Å². The predicted octanol–water partition coefficient (Wildman–Crippen LogP) is 1.22. The van der Waals surface area contributed by atoms with Crippen LogP contribution in [0.1, 0.15) is 18.2 Å². The quantitative estimate of drug-likeness (QED) is 0.816. The predicted molar refractivity (Wildman–Crippen MR) is 62.2 cm³/mol. The fourth-order valence-electron chi connectivity index (χ4n) is 1.90. The van der Waals surface area contributed by atoms with Gasteiger partial charge in [-0.1, -0.05) is 6.92 Å². The first-order chi connectivity index (χ1) is 7.90. The average molecular weight is 224 g/mol. The first-order valence-electron chi connectivity index (χ1n) is 5.96. The molecule has 0 aliphatic carbocycles. The fraction of sp³-hybridized carbons (Fsp3) is 0.667. The van der Waals surface area contributed by atoms with E-state index in [1.165, 1.54) is 5.56 Å². The molecule has 2 heterocycles. The van der Waals surface area contributed by atoms with Gasteiger partial charge >= 0.3 is 0 Å². The Morgan fingerprint density at radius 1 is 1.38 bits per heavy atom. The van der Waals surface area contributed by atoms with Crippen molar-refractivity contribution >= 4 is 0 Å². The smallest absolute Gasteiger partial charge is 0.122 e. The van der Waals surface area contributed by atoms with Crippen molar-refractivity contribution in [3.05, 3.63) is 23.7 Å². The molecule has 0 bridgehead atoms. The summed E-state index contributed by atoms with van der Waals surface area (Å²) in [4.78, 5) is 2.41. The lowest BCUT2D eigenvalue weighted by Gasteiger charge is -2.26. The van der Waals surface area contributed by atoms with Crippen LogP contribution in [0.3, 0.4) is 0 Å². The molecule has 0 spiro atoms. The molecular formula is C12H20N2O2. The first-order valence-corrected chi connectivity index (χ1v) is 5.96. The van der Waals surface area contributed by atoms with E-state index in [-0.39, 0.29) is 0 Å². The molecule has 0 unspecified atom stereocenters. The van der Waals surface area contributed by atoms with Crippen LogP contribution in [0.15, 0.2) is 16.7 Å². The van der Waals surface area contributed by atoms with E-state index in [2.05, 4.69) is 23.2 Å². The van der Waals surface area contributed by atoms with Crippen molar-refractivity contribution in [1.82, 2.24) is 10.2 Å². The lowest BCUT2D eigenvalue weighted by molar-refractivity contribution is 0.0339. The van der Waals surface area contributed by atoms with E-state index in [9.17, 15) is 0 Å². The maximum atomic E-state index is 5.49. The van der Waals surface area contributed by atoms with Gasteiger partial charge in [-0.15, -0.1) is 0 Å². The standard InChI is InChI=1S/C12H20N2O2/c1-2-13-9-12-11(3-6-16-12)10-14-4-7-15-8-5-14/h3,6,13H,2,4-5,7-10H2,1H3. The van der Waals surface area contributed by atoms with Crippen LogP contribution in [0, 0.1) is 0 Å². The summed E-state index contributed by atoms with van der Waals surface area (Å²) in [6.07, 6.45) is 1.78. The maximum Gasteiger partial charge on any atom is 0.122 e. The van der Waals surface area contributed by atoms with Crippen molar-refractivity contribution in [2.75, 3.05) is 32.8 Å². The lowest BCUT2D eigenvalue weighted by atomic mass is 10.2. The van der Waals surface area contributed by atoms with Crippen LogP contribution in [-0.4, -0.2) is 37.7 Å². The molecule has 0 amide bonds. The monoisotopic (exact) mass is 224 g/mol. The number of furan rings is 1. The Labute approximate surface area is 96.6 Å². The Bertz CT molecular complexity index is 306. The molecule has 1 aromatic heterocycles. The summed E-state index contributed by atoms with van der Waals surface area (Å²) in [7, 11) is 0. The third-order valence-electron chi connectivity index (χ3n) is 2.87. The van der Waals surface area contributed by atoms with E-state index >= 15 is 0 Å². The minimum absolute atomic E-state index is 0.823. The number of morpholine rings is 1. The summed E-state index contributed by atoms with van der Waals surface area (Å²) < 4.78 is 10.8. The van der Waals surface area contributed by atoms with Gasteiger partial charge in [-0.2, -0.15) is 0 Å². The van der Waals surface area contributed by atoms with E-state index in [0.29, 0.717) is 0 Å². The van der Waals surface area contributed by atoms with Crippen molar-refractivity contribution in [3.63, 3.8) is 0 Å². The molecule has 0 atom stereocenters. The largest absolute Gasteiger partial charge is 0.468 e. The van der Waals surface area contributed by atoms with Gasteiger partial charge in [0.15, 0.2) is 0 Å². The molecule has 1 saturated heterocycles. The van der Waals surface area contributed by atoms with E-state index in [1.54, 1.807) is 6.26 Å². The molecule has 1 fully saturated rings. The number of hydrogen-bond donors (Lipinski definition) is 1. The summed E-state index contributed by atoms with van der Waals surface area (Å²) in [6, 6.07) is 2.07. The molecule has 1 N–H and O–H groups in total. The Hall–Kier alpha value is -0.840. The van der Waals surface area contributed by atoms with E-state index in [4.69, 9.17) is 9.15 Å². The first kappa shape index (κ1) is 11.6. The molecule has 4 nitrogen and oxygen atoms in total. The van der Waals surface area contributed by atoms with Gasteiger partial charge in [0.1, 0.15) is 5.76 Å². The molecular weight excluding hydrogens is 204 g/mol. The van der Waals surface area contributed by atoms with Gasteiger partial charge in [0, 0.05) is 25.2 Å². The second-order valence-corrected chi connectivity index (χ2v) is 4.04. The minimum atomic E-state index is 0.823. The van der Waals surface area contributed by atoms with E-state index in [0.717, 1.165) is 51.7 Å². The zero-order valence-corrected chi connectivity index (χ0v) is 9.87. The summed E-state index contributed by atoms with van der Waals surface area (Å²) in [5, 5.41) is 3.29. The second-order valence-electron chi connectivity index (χ2n) is 4.04. The molecule has 1 aromatic rings. The van der Waals surface area contributed by atoms with Gasteiger partial charge in [-0.3, -0.25) is 4.90 Å². The number of ether oxygens (including phenoxy) is 1. The summed E-state index contributed by atoms with van der Waals surface area (Å²) in [5.74, 6) is 1.06. The van der Waals surface area contributed by atoms with Crippen LogP contribution in [0.4, 0.5) is 0 Å². The normalized spacial score (nSPS) is 17.8. The Balaban J connectivity index is 1.89. The molecule has 1 aliphatic heterocycles. The summed E-state index contributed by atoms with van der Waals surface area (Å²) >= 11 is 0. The van der Waals surface area contributed by atoms with E-state index in [1.807, 2.05) is 0 Å². The summed E-state index contributed by atoms with van der Waals surface area (Å²) in [5.41, 5.74) is 1.29. The molecule has 90 valence electrons. The van der Waals surface area contributed by atoms with Crippen LogP contribution in [0.5, 0.6) is 0 Å². The van der Waals surface area contributed by atoms with Crippen LogP contribution in [-0.2, 0) is 17.8 Å². The average Bonchev–Trinajstić information content (AvgIpc) is 2.75. The zero-order chi connectivity index (χ0) is 11.2. The van der Waals surface area contributed by atoms with Crippen LogP contribution < -0.4 is 5.32 Å². The van der Waals surface area contributed by atoms with Crippen LogP contribution in [0.2, 0.25) is 0 Å². The highest BCUT2D eigenvalue weighted by atomic mass is 16.5. The number of nitrogens with one attached hydrogen (secondary N) is 1. The Kier molecular flexibility index (Phi) is 4.39. The molecule has 1 aliphatic rings. The van der Waals surface area contributed by atoms with Gasteiger partial charge in [-0.25, -0.2) is 0 Å². The number of rotatable bonds is 5. The Morgan fingerprint density at radius 2 is 2.19 bits per heavy atom. The van der Waals surface area contributed by atoms with Crippen molar-refractivity contribution in [3.8, 4) is 0 Å². The fourth-order valence-corrected chi connectivity index (χ4v) is 1.90. The Morgan fingerprint density at radius 3 is 2.94 bits per heavy atom. The molecule has 4 heteroatoms. The van der Waals surface area contributed by atoms with Crippen molar-refractivity contribution in [2.45, 2.75) is 20.0 Å². The second kappa shape index (κ2) is 6.03. The minimum Gasteiger partial charge on any atom is -0.468 e. The number of nitrogens with zero attached hydrogens (tertiary/aromatic N) is 1. The third-order valence-corrected chi connectivity index (χ3v) is 2.87. The molecule has 2 rings (SSSR count). The maximum absolute atomic E-state index is 5.49. The molecule has 0 aromatic carbocycles. The third kappa shape index (κ3) is 3.07. The number of hydrogen-bond acceptors (Lipinski definition) is 4. The molecule has 0 saturated carbocycles. The van der Waals surface area contributed by atoms with Gasteiger partial charge < -0.3 is 14.5 Å². The van der Waals surface area contributed by atoms with Crippen molar-refractivity contribution in [2.24, 2.45) is 0 Å². The highest BCUT2D eigenvalue weighted by Crippen LogP contribution is 2.14. The summed E-state index contributed by atoms with van der Waals surface area (Å²) in [6.45, 7) is 8.60. The highest BCUT2D eigenvalue weighted by Gasteiger charge is 2.14. The molecule has 0 radical (unpaired) electrons.